The van der Waals surface area contributed by atoms with Gasteiger partial charge >= 0.3 is 0 Å². The highest BCUT2D eigenvalue weighted by Gasteiger charge is 2.36. The van der Waals surface area contributed by atoms with Crippen LogP contribution in [-0.4, -0.2) is 36.5 Å². The first kappa shape index (κ1) is 18.7. The number of hydrogen-bond acceptors (Lipinski definition) is 6. The van der Waals surface area contributed by atoms with Gasteiger partial charge in [0.2, 0.25) is 11.8 Å². The number of nitrogens with zero attached hydrogens (tertiary/aromatic N) is 2. The second-order valence-corrected chi connectivity index (χ2v) is 6.98. The first-order valence-electron chi connectivity index (χ1n) is 9.18. The Bertz CT molecular complexity index is 1010. The van der Waals surface area contributed by atoms with Gasteiger partial charge in [-0.1, -0.05) is 6.07 Å². The highest BCUT2D eigenvalue weighted by molar-refractivity contribution is 6.04. The monoisotopic (exact) mass is 397 g/mol. The molecule has 150 valence electrons. The summed E-state index contributed by atoms with van der Waals surface area (Å²) in [4.78, 5) is 37.2. The van der Waals surface area contributed by atoms with E-state index in [1.165, 1.54) is 12.1 Å². The Labute approximate surface area is 166 Å². The molecule has 29 heavy (non-hydrogen) atoms. The van der Waals surface area contributed by atoms with Crippen molar-refractivity contribution in [2.45, 2.75) is 13.3 Å². The Morgan fingerprint density at radius 2 is 1.93 bits per heavy atom. The summed E-state index contributed by atoms with van der Waals surface area (Å²) in [5.41, 5.74) is 1.61. The van der Waals surface area contributed by atoms with Crippen LogP contribution in [0, 0.1) is 23.0 Å². The summed E-state index contributed by atoms with van der Waals surface area (Å²) in [6.07, 6.45) is 0.0637. The average molecular weight is 397 g/mol. The molecule has 1 fully saturated rings. The summed E-state index contributed by atoms with van der Waals surface area (Å²) in [6, 6.07) is 9.52. The second-order valence-electron chi connectivity index (χ2n) is 6.98. The molecule has 2 heterocycles. The van der Waals surface area contributed by atoms with Gasteiger partial charge in [0.05, 0.1) is 16.5 Å². The van der Waals surface area contributed by atoms with Crippen molar-refractivity contribution in [3.63, 3.8) is 0 Å². The van der Waals surface area contributed by atoms with Crippen molar-refractivity contribution in [2.24, 2.45) is 5.92 Å². The Kier molecular flexibility index (Phi) is 4.79. The van der Waals surface area contributed by atoms with Gasteiger partial charge in [0.15, 0.2) is 11.5 Å². The number of ether oxygens (including phenoxy) is 2. The highest BCUT2D eigenvalue weighted by atomic mass is 16.6. The van der Waals surface area contributed by atoms with E-state index < -0.39 is 10.8 Å². The number of nitrogens with one attached hydrogen (secondary N) is 1. The van der Waals surface area contributed by atoms with Gasteiger partial charge in [-0.25, -0.2) is 0 Å². The lowest BCUT2D eigenvalue weighted by Gasteiger charge is -2.22. The number of carbonyl (C=O) groups excluding carboxylic acids is 2. The number of anilines is 2. The summed E-state index contributed by atoms with van der Waals surface area (Å²) in [5, 5.41) is 13.7. The van der Waals surface area contributed by atoms with Crippen molar-refractivity contribution in [1.82, 2.24) is 0 Å². The van der Waals surface area contributed by atoms with E-state index in [0.29, 0.717) is 41.7 Å². The number of nitro groups is 1. The first-order chi connectivity index (χ1) is 13.9. The number of non-ortho nitro benzene ring substituents is 1. The summed E-state index contributed by atoms with van der Waals surface area (Å²) >= 11 is 0. The van der Waals surface area contributed by atoms with E-state index in [9.17, 15) is 19.7 Å². The highest BCUT2D eigenvalue weighted by Crippen LogP contribution is 2.36. The van der Waals surface area contributed by atoms with Crippen LogP contribution in [0.15, 0.2) is 36.4 Å². The van der Waals surface area contributed by atoms with E-state index in [1.54, 1.807) is 36.1 Å². The minimum Gasteiger partial charge on any atom is -0.486 e. The lowest BCUT2D eigenvalue weighted by atomic mass is 10.1. The van der Waals surface area contributed by atoms with E-state index in [1.807, 2.05) is 0 Å². The Hall–Kier alpha value is -3.62. The summed E-state index contributed by atoms with van der Waals surface area (Å²) in [5.74, 6) is 0.123. The molecule has 4 rings (SSSR count). The van der Waals surface area contributed by atoms with E-state index in [4.69, 9.17) is 9.47 Å². The van der Waals surface area contributed by atoms with Crippen LogP contribution in [0.25, 0.3) is 0 Å². The van der Waals surface area contributed by atoms with Crippen molar-refractivity contribution in [2.75, 3.05) is 30.0 Å². The lowest BCUT2D eigenvalue weighted by molar-refractivity contribution is -0.384. The predicted octanol–water partition coefficient (Wildman–Crippen LogP) is 2.67. The van der Waals surface area contributed by atoms with Gasteiger partial charge in [0.1, 0.15) is 13.2 Å². The summed E-state index contributed by atoms with van der Waals surface area (Å²) in [6.45, 7) is 2.89. The van der Waals surface area contributed by atoms with Crippen LogP contribution < -0.4 is 19.7 Å². The van der Waals surface area contributed by atoms with Crippen LogP contribution in [0.1, 0.15) is 12.0 Å². The minimum absolute atomic E-state index is 0.0637. The summed E-state index contributed by atoms with van der Waals surface area (Å²) in [7, 11) is 0. The average Bonchev–Trinajstić information content (AvgIpc) is 3.11. The van der Waals surface area contributed by atoms with E-state index in [-0.39, 0.29) is 30.5 Å². The number of aryl methyl sites for hydroxylation is 1. The fraction of sp³-hybridized carbons (Fsp3) is 0.300. The maximum atomic E-state index is 12.7. The molecule has 9 nitrogen and oxygen atoms in total. The maximum absolute atomic E-state index is 12.7. The molecule has 1 saturated heterocycles. The molecule has 0 bridgehead atoms. The van der Waals surface area contributed by atoms with Crippen molar-refractivity contribution in [3.8, 4) is 11.5 Å². The molecule has 1 atom stereocenters. The molecule has 2 aliphatic heterocycles. The van der Waals surface area contributed by atoms with Crippen LogP contribution >= 0.6 is 0 Å². The number of fused-ring (bicyclic) bond motifs is 1. The largest absolute Gasteiger partial charge is 0.486 e. The van der Waals surface area contributed by atoms with Crippen molar-refractivity contribution >= 4 is 28.9 Å². The quantitative estimate of drug-likeness (QED) is 0.627. The third-order valence-electron chi connectivity index (χ3n) is 5.02. The zero-order chi connectivity index (χ0) is 20.5. The Morgan fingerprint density at radius 3 is 2.69 bits per heavy atom. The molecule has 9 heteroatoms. The van der Waals surface area contributed by atoms with Crippen LogP contribution in [0.3, 0.4) is 0 Å². The normalized spacial score (nSPS) is 17.9. The zero-order valence-corrected chi connectivity index (χ0v) is 15.7. The van der Waals surface area contributed by atoms with Crippen LogP contribution in [-0.2, 0) is 9.59 Å². The number of amides is 2. The molecule has 2 amide bonds. The number of hydrogen-bond donors (Lipinski definition) is 1. The number of nitro benzene ring substituents is 1. The van der Waals surface area contributed by atoms with Crippen molar-refractivity contribution < 1.29 is 24.0 Å². The number of carbonyl (C=O) groups is 2. The minimum atomic E-state index is -0.561. The number of rotatable bonds is 4. The predicted molar refractivity (Wildman–Crippen MR) is 104 cm³/mol. The topological polar surface area (TPSA) is 111 Å². The van der Waals surface area contributed by atoms with Gasteiger partial charge in [-0.2, -0.15) is 0 Å². The maximum Gasteiger partial charge on any atom is 0.271 e. The van der Waals surface area contributed by atoms with Gasteiger partial charge in [0, 0.05) is 36.9 Å². The fourth-order valence-corrected chi connectivity index (χ4v) is 3.43. The second kappa shape index (κ2) is 7.42. The van der Waals surface area contributed by atoms with Gasteiger partial charge in [-0.3, -0.25) is 19.7 Å². The van der Waals surface area contributed by atoms with Crippen LogP contribution in [0.2, 0.25) is 0 Å². The third-order valence-corrected chi connectivity index (χ3v) is 5.02. The third kappa shape index (κ3) is 3.71. The smallest absolute Gasteiger partial charge is 0.271 e. The molecule has 0 saturated carbocycles. The van der Waals surface area contributed by atoms with Gasteiger partial charge in [-0.15, -0.1) is 0 Å². The first-order valence-corrected chi connectivity index (χ1v) is 9.18. The fourth-order valence-electron chi connectivity index (χ4n) is 3.43. The van der Waals surface area contributed by atoms with Crippen molar-refractivity contribution in [3.05, 3.63) is 52.1 Å². The Morgan fingerprint density at radius 1 is 1.17 bits per heavy atom. The molecule has 0 aromatic heterocycles. The van der Waals surface area contributed by atoms with E-state index in [0.717, 1.165) is 0 Å². The molecular formula is C20H19N3O6. The zero-order valence-electron chi connectivity index (χ0n) is 15.7. The molecule has 1 unspecified atom stereocenters. The van der Waals surface area contributed by atoms with Crippen LogP contribution in [0.4, 0.5) is 17.1 Å². The molecule has 0 radical (unpaired) electrons. The van der Waals surface area contributed by atoms with Gasteiger partial charge < -0.3 is 19.7 Å². The Balaban J connectivity index is 1.49. The van der Waals surface area contributed by atoms with Gasteiger partial charge in [0.25, 0.3) is 5.69 Å². The van der Waals surface area contributed by atoms with Crippen molar-refractivity contribution in [1.29, 1.82) is 0 Å². The molecule has 2 aliphatic rings. The number of benzene rings is 2. The molecule has 0 spiro atoms. The molecule has 1 N–H and O–H groups in total. The lowest BCUT2D eigenvalue weighted by Crippen LogP contribution is -2.28. The van der Waals surface area contributed by atoms with Crippen LogP contribution in [0.5, 0.6) is 11.5 Å². The molecule has 2 aromatic carbocycles. The molecule has 0 aliphatic carbocycles. The molecule has 2 aromatic rings. The molecular weight excluding hydrogens is 378 g/mol. The van der Waals surface area contributed by atoms with Gasteiger partial charge in [-0.05, 0) is 24.6 Å². The SMILES string of the molecule is Cc1ccc([N+](=O)[O-])cc1NC(=O)C1CC(=O)N(c2ccc3c(c2)OCCO3)C1. The van der Waals surface area contributed by atoms with E-state index >= 15 is 0 Å². The van der Waals surface area contributed by atoms with E-state index in [2.05, 4.69) is 5.32 Å². The summed E-state index contributed by atoms with van der Waals surface area (Å²) < 4.78 is 11.0. The standard InChI is InChI=1S/C20H19N3O6/c1-12-2-3-15(23(26)27)9-16(12)21-20(25)13-8-19(24)22(11-13)14-4-5-17-18(10-14)29-7-6-28-17/h2-5,9-10,13H,6-8,11H2,1H3,(H,21,25).